The van der Waals surface area contributed by atoms with E-state index in [0.29, 0.717) is 18.9 Å². The lowest BCUT2D eigenvalue weighted by Gasteiger charge is -2.24. The van der Waals surface area contributed by atoms with Crippen LogP contribution in [0, 0.1) is 0 Å². The summed E-state index contributed by atoms with van der Waals surface area (Å²) in [7, 11) is 1.92. The van der Waals surface area contributed by atoms with Gasteiger partial charge in [-0.3, -0.25) is 0 Å². The minimum Gasteiger partial charge on any atom is -0.444 e. The van der Waals surface area contributed by atoms with Crippen LogP contribution in [0.15, 0.2) is 16.9 Å². The van der Waals surface area contributed by atoms with E-state index in [9.17, 15) is 4.79 Å². The number of carbonyl (C=O) groups is 1. The summed E-state index contributed by atoms with van der Waals surface area (Å²) in [6, 6.07) is 0. The first-order chi connectivity index (χ1) is 11.2. The molecule has 2 N–H and O–H groups in total. The summed E-state index contributed by atoms with van der Waals surface area (Å²) < 4.78 is 8.24. The Morgan fingerprint density at radius 3 is 2.71 bits per heavy atom. The van der Waals surface area contributed by atoms with Gasteiger partial charge < -0.3 is 19.9 Å². The maximum atomic E-state index is 12.2. The molecule has 3 heterocycles. The lowest BCUT2D eigenvalue weighted by molar-refractivity contribution is 0.0306. The van der Waals surface area contributed by atoms with Crippen molar-refractivity contribution >= 4 is 44.4 Å². The molecule has 0 radical (unpaired) electrons. The van der Waals surface area contributed by atoms with Crippen LogP contribution in [-0.2, 0) is 11.8 Å². The Labute approximate surface area is 148 Å². The van der Waals surface area contributed by atoms with Crippen LogP contribution in [0.2, 0.25) is 0 Å². The van der Waals surface area contributed by atoms with Crippen molar-refractivity contribution < 1.29 is 9.53 Å². The second-order valence-electron chi connectivity index (χ2n) is 6.77. The van der Waals surface area contributed by atoms with Crippen molar-refractivity contribution in [1.29, 1.82) is 0 Å². The van der Waals surface area contributed by atoms with Crippen LogP contribution >= 0.6 is 15.9 Å². The van der Waals surface area contributed by atoms with E-state index >= 15 is 0 Å². The minimum absolute atomic E-state index is 0.317. The first-order valence-corrected chi connectivity index (χ1v) is 8.40. The van der Waals surface area contributed by atoms with Crippen LogP contribution in [0.3, 0.4) is 0 Å². The van der Waals surface area contributed by atoms with Crippen molar-refractivity contribution in [3.05, 3.63) is 22.6 Å². The van der Waals surface area contributed by atoms with Crippen molar-refractivity contribution in [2.75, 3.05) is 18.8 Å². The van der Waals surface area contributed by atoms with E-state index in [0.717, 1.165) is 26.8 Å². The molecule has 0 aromatic carbocycles. The number of rotatable bonds is 1. The number of nitrogen functional groups attached to an aromatic ring is 1. The number of halogens is 1. The largest absolute Gasteiger partial charge is 0.444 e. The van der Waals surface area contributed by atoms with Crippen molar-refractivity contribution in [2.45, 2.75) is 26.4 Å². The second kappa shape index (κ2) is 5.77. The van der Waals surface area contributed by atoms with Gasteiger partial charge in [-0.05, 0) is 42.3 Å². The summed E-state index contributed by atoms with van der Waals surface area (Å²) in [5.41, 5.74) is 8.19. The summed E-state index contributed by atoms with van der Waals surface area (Å²) in [6.45, 7) is 6.57. The predicted molar refractivity (Wildman–Crippen MR) is 96.4 cm³/mol. The molecule has 1 aliphatic heterocycles. The highest BCUT2D eigenvalue weighted by Crippen LogP contribution is 2.37. The lowest BCUT2D eigenvalue weighted by Crippen LogP contribution is -2.35. The topological polar surface area (TPSA) is 86.3 Å². The maximum Gasteiger partial charge on any atom is 0.410 e. The van der Waals surface area contributed by atoms with E-state index in [2.05, 4.69) is 25.9 Å². The SMILES string of the molecule is Cn1c(C2=CCN(C(=O)OC(C)(C)C)C2)c(Br)c2c(N)ncnc21. The number of anilines is 1. The average Bonchev–Trinajstić information content (AvgIpc) is 3.02. The molecule has 2 aromatic rings. The number of aryl methyl sites for hydroxylation is 1. The van der Waals surface area contributed by atoms with Gasteiger partial charge in [0.25, 0.3) is 0 Å². The van der Waals surface area contributed by atoms with Crippen molar-refractivity contribution in [3.8, 4) is 0 Å². The van der Waals surface area contributed by atoms with Crippen LogP contribution in [0.1, 0.15) is 26.5 Å². The molecule has 8 heteroatoms. The molecule has 2 aromatic heterocycles. The number of nitrogens with two attached hydrogens (primary N) is 1. The molecule has 128 valence electrons. The number of hydrogen-bond donors (Lipinski definition) is 1. The van der Waals surface area contributed by atoms with Gasteiger partial charge in [-0.1, -0.05) is 6.08 Å². The predicted octanol–water partition coefficient (Wildman–Crippen LogP) is 2.95. The highest BCUT2D eigenvalue weighted by atomic mass is 79.9. The maximum absolute atomic E-state index is 12.2. The Hall–Kier alpha value is -2.09. The van der Waals surface area contributed by atoms with Crippen LogP contribution in [0.5, 0.6) is 0 Å². The van der Waals surface area contributed by atoms with Gasteiger partial charge in [-0.25, -0.2) is 14.8 Å². The molecule has 0 fully saturated rings. The minimum atomic E-state index is -0.510. The molecule has 3 rings (SSSR count). The van der Waals surface area contributed by atoms with E-state index in [4.69, 9.17) is 10.5 Å². The molecule has 0 bridgehead atoms. The van der Waals surface area contributed by atoms with Gasteiger partial charge in [-0.15, -0.1) is 0 Å². The van der Waals surface area contributed by atoms with Crippen LogP contribution in [0.25, 0.3) is 16.6 Å². The molecule has 7 nitrogen and oxygen atoms in total. The Morgan fingerprint density at radius 2 is 2.08 bits per heavy atom. The molecule has 0 atom stereocenters. The highest BCUT2D eigenvalue weighted by Gasteiger charge is 2.28. The van der Waals surface area contributed by atoms with Gasteiger partial charge >= 0.3 is 6.09 Å². The molecule has 0 unspecified atom stereocenters. The van der Waals surface area contributed by atoms with Crippen LogP contribution in [0.4, 0.5) is 10.6 Å². The van der Waals surface area contributed by atoms with Gasteiger partial charge in [0.2, 0.25) is 0 Å². The molecule has 1 aliphatic rings. The summed E-state index contributed by atoms with van der Waals surface area (Å²) in [5.74, 6) is 0.427. The quantitative estimate of drug-likeness (QED) is 0.804. The fraction of sp³-hybridized carbons (Fsp3) is 0.438. The third-order valence-electron chi connectivity index (χ3n) is 3.81. The zero-order valence-electron chi connectivity index (χ0n) is 14.1. The molecule has 24 heavy (non-hydrogen) atoms. The Morgan fingerprint density at radius 1 is 1.38 bits per heavy atom. The zero-order chi connectivity index (χ0) is 17.6. The highest BCUT2D eigenvalue weighted by molar-refractivity contribution is 9.10. The summed E-state index contributed by atoms with van der Waals surface area (Å²) in [6.07, 6.45) is 3.15. The van der Waals surface area contributed by atoms with Gasteiger partial charge in [0.05, 0.1) is 22.1 Å². The first kappa shape index (κ1) is 16.8. The van der Waals surface area contributed by atoms with Crippen molar-refractivity contribution in [3.63, 3.8) is 0 Å². The number of nitrogens with zero attached hydrogens (tertiary/aromatic N) is 4. The third kappa shape index (κ3) is 2.86. The Kier molecular flexibility index (Phi) is 4.03. The fourth-order valence-electron chi connectivity index (χ4n) is 2.77. The molecule has 1 amide bonds. The van der Waals surface area contributed by atoms with Gasteiger partial charge in [-0.2, -0.15) is 0 Å². The molecule has 0 spiro atoms. The van der Waals surface area contributed by atoms with Gasteiger partial charge in [0.15, 0.2) is 0 Å². The molecule has 0 aliphatic carbocycles. The normalized spacial score (nSPS) is 15.0. The van der Waals surface area contributed by atoms with Crippen LogP contribution in [-0.4, -0.2) is 44.2 Å². The van der Waals surface area contributed by atoms with Gasteiger partial charge in [0, 0.05) is 13.6 Å². The number of fused-ring (bicyclic) bond motifs is 1. The van der Waals surface area contributed by atoms with E-state index in [-0.39, 0.29) is 6.09 Å². The summed E-state index contributed by atoms with van der Waals surface area (Å²) in [5, 5.41) is 0.784. The number of ether oxygens (including phenoxy) is 1. The average molecular weight is 394 g/mol. The lowest BCUT2D eigenvalue weighted by atomic mass is 10.2. The number of hydrogen-bond acceptors (Lipinski definition) is 5. The third-order valence-corrected chi connectivity index (χ3v) is 4.58. The van der Waals surface area contributed by atoms with E-state index in [1.807, 2.05) is 38.5 Å². The Balaban J connectivity index is 1.91. The van der Waals surface area contributed by atoms with E-state index in [1.54, 1.807) is 4.90 Å². The Bertz CT molecular complexity index is 850. The van der Waals surface area contributed by atoms with Crippen LogP contribution < -0.4 is 5.73 Å². The zero-order valence-corrected chi connectivity index (χ0v) is 15.7. The van der Waals surface area contributed by atoms with Crippen molar-refractivity contribution in [2.24, 2.45) is 7.05 Å². The molecule has 0 saturated carbocycles. The molecule has 0 saturated heterocycles. The number of aromatic nitrogens is 3. The van der Waals surface area contributed by atoms with Gasteiger partial charge in [0.1, 0.15) is 23.4 Å². The smallest absolute Gasteiger partial charge is 0.410 e. The standard InChI is InChI=1S/C16H20BrN5O2/c1-16(2,3)24-15(23)22-6-5-9(7-22)12-11(17)10-13(18)19-8-20-14(10)21(12)4/h5,8H,6-7H2,1-4H3,(H2,18,19,20). The van der Waals surface area contributed by atoms with Crippen molar-refractivity contribution in [1.82, 2.24) is 19.4 Å². The molecular formula is C16H20BrN5O2. The monoisotopic (exact) mass is 393 g/mol. The first-order valence-electron chi connectivity index (χ1n) is 7.60. The van der Waals surface area contributed by atoms with E-state index in [1.165, 1.54) is 6.33 Å². The number of carbonyl (C=O) groups excluding carboxylic acids is 1. The summed E-state index contributed by atoms with van der Waals surface area (Å²) in [4.78, 5) is 22.3. The fourth-order valence-corrected chi connectivity index (χ4v) is 3.68. The number of amides is 1. The second-order valence-corrected chi connectivity index (χ2v) is 7.56. The summed E-state index contributed by atoms with van der Waals surface area (Å²) >= 11 is 3.61. The molecular weight excluding hydrogens is 374 g/mol. The van der Waals surface area contributed by atoms with E-state index < -0.39 is 5.60 Å².